The second-order valence-electron chi connectivity index (χ2n) is 5.56. The molecule has 0 radical (unpaired) electrons. The molecule has 18 heavy (non-hydrogen) atoms. The lowest BCUT2D eigenvalue weighted by molar-refractivity contribution is 0.00578. The highest BCUT2D eigenvalue weighted by Gasteiger charge is 2.52. The maximum atomic E-state index is 14.1. The maximum absolute atomic E-state index is 14.1. The molecule has 0 spiro atoms. The van der Waals surface area contributed by atoms with Crippen LogP contribution in [0.3, 0.4) is 0 Å². The molecule has 6 heteroatoms. The number of rotatable bonds is 1. The smallest absolute Gasteiger partial charge is 0.399 e. The van der Waals surface area contributed by atoms with Gasteiger partial charge in [-0.3, -0.25) is 0 Å². The van der Waals surface area contributed by atoms with Gasteiger partial charge in [0.1, 0.15) is 5.82 Å². The Bertz CT molecular complexity index is 475. The van der Waals surface area contributed by atoms with Crippen molar-refractivity contribution in [2.24, 2.45) is 0 Å². The molecule has 4 nitrogen and oxygen atoms in total. The monoisotopic (exact) mass is 252 g/mol. The Kier molecular flexibility index (Phi) is 2.83. The molecule has 0 amide bonds. The molecular formula is C12H18BFN2O2. The Morgan fingerprint density at radius 2 is 1.56 bits per heavy atom. The van der Waals surface area contributed by atoms with Crippen LogP contribution in [0.1, 0.15) is 27.7 Å². The highest BCUT2D eigenvalue weighted by Crippen LogP contribution is 2.37. The summed E-state index contributed by atoms with van der Waals surface area (Å²) in [6, 6.07) is 3.10. The van der Waals surface area contributed by atoms with Crippen LogP contribution in [0.2, 0.25) is 0 Å². The van der Waals surface area contributed by atoms with Crippen LogP contribution in [0.5, 0.6) is 0 Å². The Morgan fingerprint density at radius 1 is 1.06 bits per heavy atom. The average molecular weight is 252 g/mol. The van der Waals surface area contributed by atoms with Crippen molar-refractivity contribution in [3.8, 4) is 0 Å². The summed E-state index contributed by atoms with van der Waals surface area (Å²) < 4.78 is 25.6. The molecule has 1 saturated heterocycles. The summed E-state index contributed by atoms with van der Waals surface area (Å²) in [6.07, 6.45) is 0. The van der Waals surface area contributed by atoms with E-state index >= 15 is 0 Å². The van der Waals surface area contributed by atoms with Gasteiger partial charge in [-0.15, -0.1) is 0 Å². The van der Waals surface area contributed by atoms with Gasteiger partial charge in [-0.05, 0) is 33.8 Å². The third-order valence-electron chi connectivity index (χ3n) is 3.75. The highest BCUT2D eigenvalue weighted by molar-refractivity contribution is 6.62. The molecule has 1 heterocycles. The minimum atomic E-state index is -0.766. The zero-order chi connectivity index (χ0) is 13.7. The van der Waals surface area contributed by atoms with Crippen molar-refractivity contribution >= 4 is 24.0 Å². The van der Waals surface area contributed by atoms with Gasteiger partial charge in [0.05, 0.1) is 22.6 Å². The van der Waals surface area contributed by atoms with Gasteiger partial charge in [0.2, 0.25) is 0 Å². The zero-order valence-electron chi connectivity index (χ0n) is 11.1. The van der Waals surface area contributed by atoms with Gasteiger partial charge < -0.3 is 20.8 Å². The summed E-state index contributed by atoms with van der Waals surface area (Å²) in [5.41, 5.74) is 10.5. The first kappa shape index (κ1) is 13.2. The summed E-state index contributed by atoms with van der Waals surface area (Å²) in [5, 5.41) is 0. The predicted molar refractivity (Wildman–Crippen MR) is 70.9 cm³/mol. The van der Waals surface area contributed by atoms with Crippen LogP contribution in [0, 0.1) is 5.82 Å². The molecule has 4 N–H and O–H groups in total. The third kappa shape index (κ3) is 1.85. The van der Waals surface area contributed by atoms with E-state index in [0.29, 0.717) is 0 Å². The molecular weight excluding hydrogens is 234 g/mol. The van der Waals surface area contributed by atoms with Crippen LogP contribution < -0.4 is 16.9 Å². The molecule has 0 bridgehead atoms. The Balaban J connectivity index is 2.39. The van der Waals surface area contributed by atoms with Crippen LogP contribution in [-0.2, 0) is 9.31 Å². The van der Waals surface area contributed by atoms with Gasteiger partial charge in [0.25, 0.3) is 0 Å². The van der Waals surface area contributed by atoms with Crippen LogP contribution >= 0.6 is 0 Å². The van der Waals surface area contributed by atoms with Crippen molar-refractivity contribution in [2.75, 3.05) is 11.5 Å². The van der Waals surface area contributed by atoms with E-state index in [2.05, 4.69) is 0 Å². The largest absolute Gasteiger partial charge is 0.497 e. The first-order valence-corrected chi connectivity index (χ1v) is 5.85. The highest BCUT2D eigenvalue weighted by atomic mass is 19.1. The summed E-state index contributed by atoms with van der Waals surface area (Å²) >= 11 is 0. The van der Waals surface area contributed by atoms with E-state index in [-0.39, 0.29) is 16.8 Å². The van der Waals surface area contributed by atoms with Gasteiger partial charge >= 0.3 is 7.12 Å². The van der Waals surface area contributed by atoms with Crippen molar-refractivity contribution in [1.82, 2.24) is 0 Å². The standard InChI is InChI=1S/C12H18BFN2O2/c1-11(2)12(3,4)18-13(17-11)7-5-6-8(15)10(16)9(7)14/h5-6H,15-16H2,1-4H3. The van der Waals surface area contributed by atoms with E-state index in [4.69, 9.17) is 20.8 Å². The molecule has 0 atom stereocenters. The fourth-order valence-corrected chi connectivity index (χ4v) is 1.78. The fraction of sp³-hybridized carbons (Fsp3) is 0.500. The predicted octanol–water partition coefficient (Wildman–Crippen LogP) is 1.29. The molecule has 1 aromatic carbocycles. The second kappa shape index (κ2) is 3.86. The number of halogens is 1. The van der Waals surface area contributed by atoms with Gasteiger partial charge in [0, 0.05) is 5.46 Å². The van der Waals surface area contributed by atoms with Crippen LogP contribution in [-0.4, -0.2) is 18.3 Å². The Morgan fingerprint density at radius 3 is 2.06 bits per heavy atom. The van der Waals surface area contributed by atoms with Crippen molar-refractivity contribution in [3.63, 3.8) is 0 Å². The third-order valence-corrected chi connectivity index (χ3v) is 3.75. The van der Waals surface area contributed by atoms with Crippen LogP contribution in [0.4, 0.5) is 15.8 Å². The van der Waals surface area contributed by atoms with Gasteiger partial charge in [-0.1, -0.05) is 6.07 Å². The summed E-state index contributed by atoms with van der Waals surface area (Å²) in [5.74, 6) is -0.575. The summed E-state index contributed by atoms with van der Waals surface area (Å²) in [7, 11) is -0.766. The Hall–Kier alpha value is -1.27. The molecule has 0 saturated carbocycles. The topological polar surface area (TPSA) is 70.5 Å². The number of nitrogen functional groups attached to an aromatic ring is 2. The number of hydrogen-bond acceptors (Lipinski definition) is 4. The average Bonchev–Trinajstić information content (AvgIpc) is 2.45. The van der Waals surface area contributed by atoms with Gasteiger partial charge in [-0.2, -0.15) is 0 Å². The van der Waals surface area contributed by atoms with E-state index in [1.165, 1.54) is 0 Å². The second-order valence-corrected chi connectivity index (χ2v) is 5.56. The fourth-order valence-electron chi connectivity index (χ4n) is 1.78. The number of nitrogens with two attached hydrogens (primary N) is 2. The minimum Gasteiger partial charge on any atom is -0.399 e. The van der Waals surface area contributed by atoms with Crippen molar-refractivity contribution in [3.05, 3.63) is 17.9 Å². The lowest BCUT2D eigenvalue weighted by atomic mass is 9.78. The van der Waals surface area contributed by atoms with E-state index in [0.717, 1.165) is 0 Å². The molecule has 1 fully saturated rings. The maximum Gasteiger partial charge on any atom is 0.497 e. The number of benzene rings is 1. The minimum absolute atomic E-state index is 0.0674. The molecule has 98 valence electrons. The quantitative estimate of drug-likeness (QED) is 0.583. The van der Waals surface area contributed by atoms with Gasteiger partial charge in [0.15, 0.2) is 0 Å². The lowest BCUT2D eigenvalue weighted by Crippen LogP contribution is -2.41. The molecule has 1 aromatic rings. The molecule has 0 aromatic heterocycles. The van der Waals surface area contributed by atoms with E-state index in [1.807, 2.05) is 27.7 Å². The zero-order valence-corrected chi connectivity index (χ0v) is 11.1. The summed E-state index contributed by atoms with van der Waals surface area (Å²) in [6.45, 7) is 7.63. The van der Waals surface area contributed by atoms with Crippen molar-refractivity contribution in [2.45, 2.75) is 38.9 Å². The molecule has 0 aliphatic carbocycles. The van der Waals surface area contributed by atoms with Crippen LogP contribution in [0.15, 0.2) is 12.1 Å². The van der Waals surface area contributed by atoms with E-state index in [1.54, 1.807) is 12.1 Å². The normalized spacial score (nSPS) is 21.3. The molecule has 1 aliphatic rings. The Labute approximate surface area is 107 Å². The van der Waals surface area contributed by atoms with Gasteiger partial charge in [-0.25, -0.2) is 4.39 Å². The number of anilines is 2. The SMILES string of the molecule is CC1(C)OB(c2ccc(N)c(N)c2F)OC1(C)C. The van der Waals surface area contributed by atoms with Crippen molar-refractivity contribution in [1.29, 1.82) is 0 Å². The van der Waals surface area contributed by atoms with Crippen LogP contribution in [0.25, 0.3) is 0 Å². The number of hydrogen-bond donors (Lipinski definition) is 2. The molecule has 2 rings (SSSR count). The first-order chi connectivity index (χ1) is 8.16. The lowest BCUT2D eigenvalue weighted by Gasteiger charge is -2.32. The molecule has 1 aliphatic heterocycles. The van der Waals surface area contributed by atoms with Crippen molar-refractivity contribution < 1.29 is 13.7 Å². The van der Waals surface area contributed by atoms with E-state index < -0.39 is 24.1 Å². The first-order valence-electron chi connectivity index (χ1n) is 5.85. The van der Waals surface area contributed by atoms with E-state index in [9.17, 15) is 4.39 Å². The molecule has 0 unspecified atom stereocenters. The summed E-state index contributed by atoms with van der Waals surface area (Å²) in [4.78, 5) is 0.